The number of hydrogen-bond donors (Lipinski definition) is 1. The molecule has 0 aliphatic carbocycles. The molecule has 4 aromatic heterocycles. The summed E-state index contributed by atoms with van der Waals surface area (Å²) < 4.78 is 5.07. The molecule has 0 bridgehead atoms. The van der Waals surface area contributed by atoms with Crippen molar-refractivity contribution < 1.29 is 4.79 Å². The van der Waals surface area contributed by atoms with Crippen LogP contribution in [-0.2, 0) is 20.6 Å². The zero-order valence-electron chi connectivity index (χ0n) is 15.6. The Morgan fingerprint density at radius 1 is 1.29 bits per heavy atom. The molecule has 0 aromatic carbocycles. The van der Waals surface area contributed by atoms with Gasteiger partial charge in [-0.05, 0) is 19.1 Å². The minimum atomic E-state index is -0.624. The average Bonchev–Trinajstić information content (AvgIpc) is 3.32. The number of carbonyl (C=O) groups is 1. The molecule has 10 heteroatoms. The Morgan fingerprint density at radius 2 is 2.07 bits per heavy atom. The molecule has 0 unspecified atom stereocenters. The maximum atomic E-state index is 11.8. The lowest BCUT2D eigenvalue weighted by atomic mass is 10.2. The molecule has 0 saturated carbocycles. The molecular formula is C18H17N9O. The maximum absolute atomic E-state index is 11.8. The van der Waals surface area contributed by atoms with Crippen molar-refractivity contribution in [2.24, 2.45) is 19.8 Å². The first-order chi connectivity index (χ1) is 13.4. The van der Waals surface area contributed by atoms with Gasteiger partial charge in [0.15, 0.2) is 5.82 Å². The molecule has 4 heterocycles. The van der Waals surface area contributed by atoms with E-state index in [2.05, 4.69) is 21.3 Å². The van der Waals surface area contributed by atoms with Gasteiger partial charge >= 0.3 is 0 Å². The van der Waals surface area contributed by atoms with Crippen LogP contribution in [0.3, 0.4) is 0 Å². The monoisotopic (exact) mass is 375 g/mol. The first-order valence-electron chi connectivity index (χ1n) is 8.47. The van der Waals surface area contributed by atoms with Gasteiger partial charge in [0.05, 0.1) is 29.2 Å². The Labute approximate surface area is 159 Å². The number of aryl methyl sites for hydroxylation is 3. The van der Waals surface area contributed by atoms with Crippen molar-refractivity contribution >= 4 is 16.8 Å². The quantitative estimate of drug-likeness (QED) is 0.569. The van der Waals surface area contributed by atoms with Crippen LogP contribution >= 0.6 is 0 Å². The summed E-state index contributed by atoms with van der Waals surface area (Å²) in [5.41, 5.74) is 9.01. The Kier molecular flexibility index (Phi) is 3.93. The van der Waals surface area contributed by atoms with Gasteiger partial charge in [-0.15, -0.1) is 0 Å². The van der Waals surface area contributed by atoms with Gasteiger partial charge in [-0.25, -0.2) is 14.6 Å². The van der Waals surface area contributed by atoms with Crippen molar-refractivity contribution in [1.29, 1.82) is 5.26 Å². The first kappa shape index (κ1) is 17.4. The summed E-state index contributed by atoms with van der Waals surface area (Å²) in [7, 11) is 3.62. The van der Waals surface area contributed by atoms with E-state index in [0.29, 0.717) is 17.2 Å². The molecule has 0 fully saturated rings. The lowest BCUT2D eigenvalue weighted by Gasteiger charge is -2.05. The van der Waals surface area contributed by atoms with Crippen LogP contribution in [0.1, 0.15) is 16.2 Å². The van der Waals surface area contributed by atoms with E-state index in [9.17, 15) is 4.79 Å². The van der Waals surface area contributed by atoms with Crippen molar-refractivity contribution in [3.05, 3.63) is 35.9 Å². The van der Waals surface area contributed by atoms with Crippen molar-refractivity contribution in [3.63, 3.8) is 0 Å². The van der Waals surface area contributed by atoms with Gasteiger partial charge in [0.1, 0.15) is 23.6 Å². The highest BCUT2D eigenvalue weighted by Gasteiger charge is 2.20. The smallest absolute Gasteiger partial charge is 0.267 e. The van der Waals surface area contributed by atoms with Gasteiger partial charge in [0, 0.05) is 25.7 Å². The van der Waals surface area contributed by atoms with Crippen LogP contribution in [0.5, 0.6) is 0 Å². The highest BCUT2D eigenvalue weighted by atomic mass is 16.1. The number of nitrogens with two attached hydrogens (primary N) is 1. The van der Waals surface area contributed by atoms with E-state index >= 15 is 0 Å². The number of rotatable bonds is 4. The Morgan fingerprint density at radius 3 is 2.79 bits per heavy atom. The number of aromatic nitrogens is 7. The summed E-state index contributed by atoms with van der Waals surface area (Å²) in [5.74, 6) is -0.0695. The molecule has 1 amide bonds. The number of hydrogen-bond acceptors (Lipinski definition) is 6. The molecule has 0 radical (unpaired) electrons. The van der Waals surface area contributed by atoms with E-state index in [4.69, 9.17) is 16.0 Å². The minimum absolute atomic E-state index is 0.122. The third-order valence-electron chi connectivity index (χ3n) is 4.47. The van der Waals surface area contributed by atoms with Gasteiger partial charge in [-0.3, -0.25) is 9.48 Å². The molecular weight excluding hydrogens is 358 g/mol. The van der Waals surface area contributed by atoms with Crippen molar-refractivity contribution in [2.75, 3.05) is 0 Å². The lowest BCUT2D eigenvalue weighted by molar-refractivity contribution is 0.0996. The van der Waals surface area contributed by atoms with Crippen LogP contribution < -0.4 is 5.73 Å². The third-order valence-corrected chi connectivity index (χ3v) is 4.47. The van der Waals surface area contributed by atoms with Crippen molar-refractivity contribution in [3.8, 4) is 29.0 Å². The number of pyridine rings is 1. The maximum Gasteiger partial charge on any atom is 0.267 e. The van der Waals surface area contributed by atoms with Crippen LogP contribution in [0, 0.1) is 18.3 Å². The standard InChI is InChI=1S/C18H17N9O/c1-10-6-15(27(24-10)5-4-19)13-9-25(2)18(23-13)16-11-8-21-26(3)14(11)7-12(22-16)17(20)28/h6-9H,5H2,1-3H3,(H2,20,28). The topological polar surface area (TPSA) is 133 Å². The van der Waals surface area contributed by atoms with Crippen molar-refractivity contribution in [2.45, 2.75) is 13.5 Å². The lowest BCUT2D eigenvalue weighted by Crippen LogP contribution is -2.14. The summed E-state index contributed by atoms with van der Waals surface area (Å²) in [4.78, 5) is 20.9. The summed E-state index contributed by atoms with van der Waals surface area (Å²) in [6, 6.07) is 5.58. The van der Waals surface area contributed by atoms with E-state index < -0.39 is 5.91 Å². The van der Waals surface area contributed by atoms with Gasteiger partial charge in [-0.1, -0.05) is 0 Å². The molecule has 0 aliphatic rings. The Hall–Kier alpha value is -4.00. The predicted molar refractivity (Wildman–Crippen MR) is 101 cm³/mol. The van der Waals surface area contributed by atoms with Crippen LogP contribution in [0.4, 0.5) is 0 Å². The minimum Gasteiger partial charge on any atom is -0.364 e. The highest BCUT2D eigenvalue weighted by Crippen LogP contribution is 2.29. The summed E-state index contributed by atoms with van der Waals surface area (Å²) in [5, 5.41) is 18.4. The molecule has 140 valence electrons. The molecule has 4 rings (SSSR count). The number of imidazole rings is 1. The largest absolute Gasteiger partial charge is 0.364 e. The fraction of sp³-hybridized carbons (Fsp3) is 0.222. The predicted octanol–water partition coefficient (Wildman–Crippen LogP) is 1.16. The molecule has 28 heavy (non-hydrogen) atoms. The van der Waals surface area contributed by atoms with E-state index in [0.717, 1.165) is 22.3 Å². The fourth-order valence-corrected chi connectivity index (χ4v) is 3.19. The molecule has 0 aliphatic heterocycles. The van der Waals surface area contributed by atoms with Crippen LogP contribution in [0.25, 0.3) is 33.8 Å². The second-order valence-electron chi connectivity index (χ2n) is 6.47. The number of fused-ring (bicyclic) bond motifs is 1. The Balaban J connectivity index is 1.93. The zero-order valence-corrected chi connectivity index (χ0v) is 15.6. The first-order valence-corrected chi connectivity index (χ1v) is 8.47. The van der Waals surface area contributed by atoms with Crippen molar-refractivity contribution in [1.82, 2.24) is 34.1 Å². The van der Waals surface area contributed by atoms with Gasteiger partial charge < -0.3 is 10.3 Å². The number of carbonyl (C=O) groups excluding carboxylic acids is 1. The van der Waals surface area contributed by atoms with E-state index in [1.165, 1.54) is 0 Å². The molecule has 2 N–H and O–H groups in total. The number of nitriles is 1. The number of nitrogens with zero attached hydrogens (tertiary/aromatic N) is 8. The fourth-order valence-electron chi connectivity index (χ4n) is 3.19. The van der Waals surface area contributed by atoms with Crippen LogP contribution in [0.2, 0.25) is 0 Å². The number of amides is 1. The van der Waals surface area contributed by atoms with Gasteiger partial charge in [0.25, 0.3) is 5.91 Å². The Bertz CT molecular complexity index is 1270. The van der Waals surface area contributed by atoms with E-state index in [-0.39, 0.29) is 12.2 Å². The van der Waals surface area contributed by atoms with E-state index in [1.54, 1.807) is 28.7 Å². The summed E-state index contributed by atoms with van der Waals surface area (Å²) >= 11 is 0. The van der Waals surface area contributed by atoms with Crippen LogP contribution in [-0.4, -0.2) is 40.0 Å². The molecule has 0 saturated heterocycles. The second-order valence-corrected chi connectivity index (χ2v) is 6.47. The molecule has 0 atom stereocenters. The molecule has 0 spiro atoms. The SMILES string of the molecule is Cc1cc(-c2cn(C)c(-c3nc(C(N)=O)cc4c3cnn4C)n2)n(CC#N)n1. The highest BCUT2D eigenvalue weighted by molar-refractivity contribution is 5.99. The zero-order chi connectivity index (χ0) is 20.0. The third kappa shape index (κ3) is 2.69. The van der Waals surface area contributed by atoms with E-state index in [1.807, 2.05) is 30.8 Å². The van der Waals surface area contributed by atoms with Gasteiger partial charge in [0.2, 0.25) is 0 Å². The average molecular weight is 375 g/mol. The summed E-state index contributed by atoms with van der Waals surface area (Å²) in [6.07, 6.45) is 3.52. The second kappa shape index (κ2) is 6.31. The number of primary amides is 1. The van der Waals surface area contributed by atoms with Crippen LogP contribution in [0.15, 0.2) is 24.5 Å². The van der Waals surface area contributed by atoms with Gasteiger partial charge in [-0.2, -0.15) is 15.5 Å². The summed E-state index contributed by atoms with van der Waals surface area (Å²) in [6.45, 7) is 1.98. The normalized spacial score (nSPS) is 11.1. The molecule has 4 aromatic rings. The molecule has 10 nitrogen and oxygen atoms in total.